The van der Waals surface area contributed by atoms with Crippen LogP contribution in [0.2, 0.25) is 0 Å². The Morgan fingerprint density at radius 1 is 1.03 bits per heavy atom. The lowest BCUT2D eigenvalue weighted by molar-refractivity contribution is 0.377. The van der Waals surface area contributed by atoms with Crippen molar-refractivity contribution in [2.75, 3.05) is 19.0 Å². The highest BCUT2D eigenvalue weighted by atomic mass is 32.2. The van der Waals surface area contributed by atoms with Crippen molar-refractivity contribution in [2.24, 2.45) is 0 Å². The number of rotatable bonds is 6. The minimum Gasteiger partial charge on any atom is -0.495 e. The maximum atomic E-state index is 13.4. The Morgan fingerprint density at radius 3 is 2.52 bits per heavy atom. The number of hydrogen-bond acceptors (Lipinski definition) is 7. The van der Waals surface area contributed by atoms with Crippen molar-refractivity contribution in [1.82, 2.24) is 19.3 Å². The first-order valence-corrected chi connectivity index (χ1v) is 11.5. The molecule has 8 nitrogen and oxygen atoms in total. The van der Waals surface area contributed by atoms with E-state index in [2.05, 4.69) is 20.3 Å². The van der Waals surface area contributed by atoms with Crippen LogP contribution < -0.4 is 10.1 Å². The number of sulfonamides is 1. The first kappa shape index (κ1) is 21.2. The molecular weight excluding hydrogens is 414 g/mol. The Morgan fingerprint density at radius 2 is 1.77 bits per heavy atom. The van der Waals surface area contributed by atoms with E-state index in [4.69, 9.17) is 4.74 Å². The molecule has 0 amide bonds. The van der Waals surface area contributed by atoms with Crippen LogP contribution in [0.5, 0.6) is 5.75 Å². The molecule has 1 aliphatic heterocycles. The van der Waals surface area contributed by atoms with Crippen molar-refractivity contribution in [3.05, 3.63) is 65.6 Å². The van der Waals surface area contributed by atoms with Gasteiger partial charge in [-0.05, 0) is 57.0 Å². The second kappa shape index (κ2) is 8.60. The number of aryl methyl sites for hydroxylation is 2. The SMILES string of the molecule is COc1ccccc1S(=O)(=O)N1CCC[C@H]1c1cccc(Nc2nc(C)cc(C)n2)n1. The third kappa shape index (κ3) is 4.38. The minimum atomic E-state index is -3.74. The van der Waals surface area contributed by atoms with E-state index >= 15 is 0 Å². The van der Waals surface area contributed by atoms with E-state index in [1.165, 1.54) is 11.4 Å². The summed E-state index contributed by atoms with van der Waals surface area (Å²) in [5.74, 6) is 1.37. The van der Waals surface area contributed by atoms with Crippen LogP contribution >= 0.6 is 0 Å². The predicted molar refractivity (Wildman–Crippen MR) is 118 cm³/mol. The molecule has 9 heteroatoms. The number of aromatic nitrogens is 3. The molecule has 1 saturated heterocycles. The van der Waals surface area contributed by atoms with Gasteiger partial charge in [-0.1, -0.05) is 18.2 Å². The van der Waals surface area contributed by atoms with Gasteiger partial charge in [0, 0.05) is 17.9 Å². The molecule has 0 aliphatic carbocycles. The maximum absolute atomic E-state index is 13.4. The fourth-order valence-corrected chi connectivity index (χ4v) is 5.71. The van der Waals surface area contributed by atoms with E-state index in [0.717, 1.165) is 17.8 Å². The summed E-state index contributed by atoms with van der Waals surface area (Å²) in [6.45, 7) is 4.25. The highest BCUT2D eigenvalue weighted by molar-refractivity contribution is 7.89. The van der Waals surface area contributed by atoms with Crippen LogP contribution in [0.3, 0.4) is 0 Å². The third-order valence-electron chi connectivity index (χ3n) is 5.19. The molecular formula is C22H25N5O3S. The monoisotopic (exact) mass is 439 g/mol. The molecule has 4 rings (SSSR count). The Balaban J connectivity index is 1.64. The van der Waals surface area contributed by atoms with Crippen LogP contribution in [0.15, 0.2) is 53.4 Å². The van der Waals surface area contributed by atoms with Gasteiger partial charge in [0.2, 0.25) is 16.0 Å². The third-order valence-corrected chi connectivity index (χ3v) is 7.14. The molecule has 0 radical (unpaired) electrons. The van der Waals surface area contributed by atoms with E-state index in [0.29, 0.717) is 36.2 Å². The molecule has 1 fully saturated rings. The van der Waals surface area contributed by atoms with Gasteiger partial charge in [0.25, 0.3) is 0 Å². The quantitative estimate of drug-likeness (QED) is 0.624. The number of benzene rings is 1. The van der Waals surface area contributed by atoms with E-state index in [9.17, 15) is 8.42 Å². The standard InChI is InChI=1S/C22H25N5O3S/c1-15-14-16(2)24-22(23-15)26-21-12-6-8-17(25-21)18-9-7-13-27(18)31(28,29)20-11-5-4-10-19(20)30-3/h4-6,8,10-12,14,18H,7,9,13H2,1-3H3,(H,23,24,25,26)/t18-/m0/s1. The average Bonchev–Trinajstić information content (AvgIpc) is 3.24. The smallest absolute Gasteiger partial charge is 0.247 e. The molecule has 0 bridgehead atoms. The number of para-hydroxylation sites is 1. The fraction of sp³-hybridized carbons (Fsp3) is 0.318. The predicted octanol–water partition coefficient (Wildman–Crippen LogP) is 3.77. The Bertz CT molecular complexity index is 1180. The number of ether oxygens (including phenoxy) is 1. The van der Waals surface area contributed by atoms with Crippen molar-refractivity contribution in [2.45, 2.75) is 37.6 Å². The van der Waals surface area contributed by atoms with Gasteiger partial charge in [-0.3, -0.25) is 0 Å². The summed E-state index contributed by atoms with van der Waals surface area (Å²) in [4.78, 5) is 13.6. The van der Waals surface area contributed by atoms with E-state index in [1.54, 1.807) is 24.3 Å². The van der Waals surface area contributed by atoms with Gasteiger partial charge in [0.15, 0.2) is 0 Å². The van der Waals surface area contributed by atoms with Gasteiger partial charge >= 0.3 is 0 Å². The number of hydrogen-bond donors (Lipinski definition) is 1. The van der Waals surface area contributed by atoms with Gasteiger partial charge in [-0.2, -0.15) is 4.31 Å². The number of anilines is 2. The first-order chi connectivity index (χ1) is 14.9. The highest BCUT2D eigenvalue weighted by Gasteiger charge is 2.38. The topological polar surface area (TPSA) is 97.3 Å². The summed E-state index contributed by atoms with van der Waals surface area (Å²) in [7, 11) is -2.26. The second-order valence-corrected chi connectivity index (χ2v) is 9.33. The fourth-order valence-electron chi connectivity index (χ4n) is 3.88. The van der Waals surface area contributed by atoms with Crippen LogP contribution in [0, 0.1) is 13.8 Å². The molecule has 1 aliphatic rings. The van der Waals surface area contributed by atoms with Crippen LogP contribution in [-0.2, 0) is 10.0 Å². The van der Waals surface area contributed by atoms with Gasteiger partial charge in [0.1, 0.15) is 16.5 Å². The summed E-state index contributed by atoms with van der Waals surface area (Å²) in [6.07, 6.45) is 1.46. The Labute approximate surface area is 182 Å². The molecule has 3 heterocycles. The molecule has 0 saturated carbocycles. The van der Waals surface area contributed by atoms with Crippen LogP contribution in [0.1, 0.15) is 36.0 Å². The minimum absolute atomic E-state index is 0.169. The molecule has 1 aromatic carbocycles. The van der Waals surface area contributed by atoms with Gasteiger partial charge in [-0.15, -0.1) is 0 Å². The van der Waals surface area contributed by atoms with Crippen LogP contribution in [-0.4, -0.2) is 41.3 Å². The lowest BCUT2D eigenvalue weighted by Gasteiger charge is -2.24. The maximum Gasteiger partial charge on any atom is 0.247 e. The number of methoxy groups -OCH3 is 1. The van der Waals surface area contributed by atoms with Gasteiger partial charge in [0.05, 0.1) is 18.8 Å². The molecule has 1 N–H and O–H groups in total. The highest BCUT2D eigenvalue weighted by Crippen LogP contribution is 2.38. The summed E-state index contributed by atoms with van der Waals surface area (Å²) in [5.41, 5.74) is 2.40. The van der Waals surface area contributed by atoms with Crippen molar-refractivity contribution >= 4 is 21.8 Å². The summed E-state index contributed by atoms with van der Waals surface area (Å²) in [5, 5.41) is 3.13. The first-order valence-electron chi connectivity index (χ1n) is 10.1. The van der Waals surface area contributed by atoms with E-state index < -0.39 is 10.0 Å². The number of nitrogens with one attached hydrogen (secondary N) is 1. The molecule has 0 unspecified atom stereocenters. The van der Waals surface area contributed by atoms with E-state index in [-0.39, 0.29) is 10.9 Å². The van der Waals surface area contributed by atoms with Crippen molar-refractivity contribution in [3.8, 4) is 5.75 Å². The largest absolute Gasteiger partial charge is 0.495 e. The van der Waals surface area contributed by atoms with Crippen molar-refractivity contribution < 1.29 is 13.2 Å². The molecule has 31 heavy (non-hydrogen) atoms. The van der Waals surface area contributed by atoms with E-state index in [1.807, 2.05) is 38.1 Å². The van der Waals surface area contributed by atoms with Crippen LogP contribution in [0.25, 0.3) is 0 Å². The summed E-state index contributed by atoms with van der Waals surface area (Å²) in [6, 6.07) is 13.8. The van der Waals surface area contributed by atoms with Gasteiger partial charge < -0.3 is 10.1 Å². The lowest BCUT2D eigenvalue weighted by atomic mass is 10.1. The molecule has 1 atom stereocenters. The van der Waals surface area contributed by atoms with Crippen molar-refractivity contribution in [3.63, 3.8) is 0 Å². The number of pyridine rings is 1. The Kier molecular flexibility index (Phi) is 5.88. The zero-order valence-electron chi connectivity index (χ0n) is 17.7. The molecule has 2 aromatic heterocycles. The normalized spacial score (nSPS) is 16.9. The summed E-state index contributed by atoms with van der Waals surface area (Å²) >= 11 is 0. The lowest BCUT2D eigenvalue weighted by Crippen LogP contribution is -2.31. The van der Waals surface area contributed by atoms with Crippen molar-refractivity contribution in [1.29, 1.82) is 0 Å². The van der Waals surface area contributed by atoms with Crippen LogP contribution in [0.4, 0.5) is 11.8 Å². The Hall–Kier alpha value is -3.04. The zero-order chi connectivity index (χ0) is 22.0. The molecule has 162 valence electrons. The summed E-state index contributed by atoms with van der Waals surface area (Å²) < 4.78 is 33.7. The zero-order valence-corrected chi connectivity index (χ0v) is 18.6. The number of nitrogens with zero attached hydrogens (tertiary/aromatic N) is 4. The second-order valence-electron chi connectivity index (χ2n) is 7.47. The van der Waals surface area contributed by atoms with Gasteiger partial charge in [-0.25, -0.2) is 23.4 Å². The average molecular weight is 440 g/mol. The molecule has 3 aromatic rings. The molecule has 0 spiro atoms.